The third-order valence-electron chi connectivity index (χ3n) is 4.18. The third-order valence-corrected chi connectivity index (χ3v) is 4.18. The molecule has 0 heterocycles. The second-order valence-electron chi connectivity index (χ2n) is 6.56. The fourth-order valence-corrected chi connectivity index (χ4v) is 2.64. The molecule has 0 aromatic heterocycles. The summed E-state index contributed by atoms with van der Waals surface area (Å²) in [7, 11) is 0. The van der Waals surface area contributed by atoms with Crippen molar-refractivity contribution in [3.8, 4) is 0 Å². The Hall–Kier alpha value is -4.82. The second kappa shape index (κ2) is 14.1. The maximum absolute atomic E-state index is 12.5. The normalized spacial score (nSPS) is 11.8. The van der Waals surface area contributed by atoms with Crippen molar-refractivity contribution in [1.82, 2.24) is 0 Å². The van der Waals surface area contributed by atoms with E-state index in [0.717, 1.165) is 0 Å². The van der Waals surface area contributed by atoms with Crippen LogP contribution in [0.4, 0.5) is 0 Å². The molecule has 0 radical (unpaired) electrons. The maximum atomic E-state index is 12.5. The molecule has 38 heavy (non-hydrogen) atoms. The van der Waals surface area contributed by atoms with E-state index in [4.69, 9.17) is 23.7 Å². The van der Waals surface area contributed by atoms with Crippen molar-refractivity contribution in [3.63, 3.8) is 0 Å². The lowest BCUT2D eigenvalue weighted by molar-refractivity contribution is -0.507. The zero-order valence-corrected chi connectivity index (χ0v) is 20.3. The van der Waals surface area contributed by atoms with Crippen molar-refractivity contribution < 1.29 is 67.4 Å². The molecule has 0 saturated heterocycles. The summed E-state index contributed by atoms with van der Waals surface area (Å²) in [5.41, 5.74) is 0. The summed E-state index contributed by atoms with van der Waals surface area (Å²) in [6, 6.07) is 0. The molecule has 0 rings (SSSR count). The van der Waals surface area contributed by atoms with E-state index >= 15 is 0 Å². The van der Waals surface area contributed by atoms with E-state index < -0.39 is 65.9 Å². The summed E-state index contributed by atoms with van der Waals surface area (Å²) in [5.74, 6) is -21.8. The van der Waals surface area contributed by atoms with Crippen LogP contribution in [0.25, 0.3) is 0 Å². The first-order valence-electron chi connectivity index (χ1n) is 10.2. The highest BCUT2D eigenvalue weighted by Gasteiger charge is 2.81. The Morgan fingerprint density at radius 2 is 0.921 bits per heavy atom. The largest absolute Gasteiger partial charge is 0.451 e. The van der Waals surface area contributed by atoms with E-state index in [1.54, 1.807) is 0 Å². The van der Waals surface area contributed by atoms with Crippen molar-refractivity contribution in [1.29, 1.82) is 0 Å². The summed E-state index contributed by atoms with van der Waals surface area (Å²) in [6.45, 7) is 19.9. The molecular formula is C24H26O14. The summed E-state index contributed by atoms with van der Waals surface area (Å²) >= 11 is 0. The Balaban J connectivity index is 8.29. The lowest BCUT2D eigenvalue weighted by Crippen LogP contribution is -2.78. The predicted molar refractivity (Wildman–Crippen MR) is 124 cm³/mol. The zero-order chi connectivity index (χ0) is 29.7. The van der Waals surface area contributed by atoms with Gasteiger partial charge in [0.25, 0.3) is 0 Å². The van der Waals surface area contributed by atoms with Crippen LogP contribution in [0.2, 0.25) is 0 Å². The van der Waals surface area contributed by atoms with Crippen molar-refractivity contribution in [3.05, 3.63) is 75.9 Å². The molecule has 1 unspecified atom stereocenters. The number of carbonyl (C=O) groups excluding carboxylic acids is 6. The van der Waals surface area contributed by atoms with Crippen molar-refractivity contribution in [2.45, 2.75) is 37.0 Å². The quantitative estimate of drug-likeness (QED) is 0.117. The maximum Gasteiger partial charge on any atom is 0.436 e. The Labute approximate surface area is 216 Å². The van der Waals surface area contributed by atoms with Gasteiger partial charge in [0.1, 0.15) is 0 Å². The van der Waals surface area contributed by atoms with Gasteiger partial charge in [-0.2, -0.15) is 0 Å². The van der Waals surface area contributed by atoms with Gasteiger partial charge in [-0.05, 0) is 6.42 Å². The third kappa shape index (κ3) is 7.35. The van der Waals surface area contributed by atoms with Gasteiger partial charge < -0.3 is 38.6 Å². The smallest absolute Gasteiger partial charge is 0.436 e. The molecule has 0 aliphatic carbocycles. The van der Waals surface area contributed by atoms with Gasteiger partial charge in [-0.15, -0.1) is 0 Å². The molecule has 1 atom stereocenters. The molecule has 2 N–H and O–H groups in total. The molecule has 0 aliphatic heterocycles. The Morgan fingerprint density at radius 1 is 0.605 bits per heavy atom. The standard InChI is InChI=1S/C24H26O14/c1-8-15(33-16(25)9-2)22(34-17(26)10-3,35-18(27)11-4)23(36-19(28)12-5,37-20(29)13-6)24(31,32)38-21(30)14-7/h9-15,31-32H,2-8H2,1H3. The monoisotopic (exact) mass is 538 g/mol. The van der Waals surface area contributed by atoms with Gasteiger partial charge >= 0.3 is 53.4 Å². The van der Waals surface area contributed by atoms with Gasteiger partial charge in [-0.3, -0.25) is 0 Å². The fraction of sp³-hybridized carbons (Fsp3) is 0.250. The van der Waals surface area contributed by atoms with Crippen LogP contribution in [0.15, 0.2) is 75.9 Å². The van der Waals surface area contributed by atoms with Crippen LogP contribution in [0.5, 0.6) is 0 Å². The van der Waals surface area contributed by atoms with Gasteiger partial charge in [-0.25, -0.2) is 28.8 Å². The van der Waals surface area contributed by atoms with Gasteiger partial charge in [0.2, 0.25) is 0 Å². The molecule has 0 fully saturated rings. The molecule has 0 aromatic rings. The van der Waals surface area contributed by atoms with Crippen LogP contribution in [-0.4, -0.2) is 69.7 Å². The minimum absolute atomic E-state index is 0.383. The molecule has 0 bridgehead atoms. The number of esters is 6. The first kappa shape index (κ1) is 33.2. The first-order chi connectivity index (χ1) is 17.7. The summed E-state index contributed by atoms with van der Waals surface area (Å²) in [5, 5.41) is 22.0. The van der Waals surface area contributed by atoms with Crippen LogP contribution >= 0.6 is 0 Å². The van der Waals surface area contributed by atoms with Crippen LogP contribution in [0, 0.1) is 0 Å². The van der Waals surface area contributed by atoms with Gasteiger partial charge in [0.05, 0.1) is 0 Å². The molecule has 206 valence electrons. The van der Waals surface area contributed by atoms with Crippen molar-refractivity contribution in [2.24, 2.45) is 0 Å². The molecule has 0 spiro atoms. The minimum Gasteiger partial charge on any atom is -0.451 e. The Bertz CT molecular complexity index is 991. The average molecular weight is 538 g/mol. The number of ether oxygens (including phenoxy) is 6. The lowest BCUT2D eigenvalue weighted by Gasteiger charge is -2.50. The van der Waals surface area contributed by atoms with E-state index in [9.17, 15) is 39.0 Å². The fourth-order valence-electron chi connectivity index (χ4n) is 2.64. The van der Waals surface area contributed by atoms with E-state index in [1.165, 1.54) is 6.92 Å². The van der Waals surface area contributed by atoms with Crippen molar-refractivity contribution in [2.75, 3.05) is 0 Å². The molecular weight excluding hydrogens is 512 g/mol. The molecule has 0 aromatic carbocycles. The lowest BCUT2D eigenvalue weighted by atomic mass is 9.93. The van der Waals surface area contributed by atoms with Crippen LogP contribution < -0.4 is 0 Å². The highest BCUT2D eigenvalue weighted by Crippen LogP contribution is 2.46. The van der Waals surface area contributed by atoms with E-state index in [1.807, 2.05) is 0 Å². The topological polar surface area (TPSA) is 198 Å². The molecule has 14 nitrogen and oxygen atoms in total. The number of hydrogen-bond donors (Lipinski definition) is 2. The SMILES string of the molecule is C=CC(=O)OC(CC)C(OC(=O)C=C)(OC(=O)C=C)C(OC(=O)C=C)(OC(=O)C=C)C(O)(O)OC(=O)C=C. The summed E-state index contributed by atoms with van der Waals surface area (Å²) < 4.78 is 29.6. The zero-order valence-electron chi connectivity index (χ0n) is 20.3. The van der Waals surface area contributed by atoms with Gasteiger partial charge in [0.15, 0.2) is 6.10 Å². The molecule has 0 aliphatic rings. The molecule has 0 saturated carbocycles. The van der Waals surface area contributed by atoms with Crippen LogP contribution in [-0.2, 0) is 57.2 Å². The van der Waals surface area contributed by atoms with Gasteiger partial charge in [-0.1, -0.05) is 46.4 Å². The Morgan fingerprint density at radius 3 is 1.24 bits per heavy atom. The highest BCUT2D eigenvalue weighted by atomic mass is 16.9. The number of hydrogen-bond acceptors (Lipinski definition) is 14. The molecule has 14 heteroatoms. The first-order valence-corrected chi connectivity index (χ1v) is 10.2. The van der Waals surface area contributed by atoms with Gasteiger partial charge in [0, 0.05) is 36.5 Å². The number of aliphatic hydroxyl groups is 2. The highest BCUT2D eigenvalue weighted by molar-refractivity contribution is 5.87. The predicted octanol–water partition coefficient (Wildman–Crippen LogP) is 0.171. The van der Waals surface area contributed by atoms with E-state index in [2.05, 4.69) is 44.2 Å². The minimum atomic E-state index is -4.42. The number of carbonyl (C=O) groups is 6. The van der Waals surface area contributed by atoms with Crippen LogP contribution in [0.1, 0.15) is 13.3 Å². The number of rotatable bonds is 16. The second-order valence-corrected chi connectivity index (χ2v) is 6.56. The average Bonchev–Trinajstić information content (AvgIpc) is 2.89. The molecule has 0 amide bonds. The summed E-state index contributed by atoms with van der Waals surface area (Å²) in [6.07, 6.45) is -0.203. The van der Waals surface area contributed by atoms with E-state index in [0.29, 0.717) is 36.5 Å². The summed E-state index contributed by atoms with van der Waals surface area (Å²) in [4.78, 5) is 74.1. The van der Waals surface area contributed by atoms with E-state index in [-0.39, 0.29) is 0 Å². The van der Waals surface area contributed by atoms with Crippen LogP contribution in [0.3, 0.4) is 0 Å². The van der Waals surface area contributed by atoms with Crippen molar-refractivity contribution >= 4 is 35.8 Å². The Kier molecular flexibility index (Phi) is 12.3.